The Bertz CT molecular complexity index is 422. The Hall–Kier alpha value is -1.42. The average molecular weight is 206 g/mol. The van der Waals surface area contributed by atoms with Gasteiger partial charge in [-0.25, -0.2) is 4.98 Å². The number of nitrogens with zero attached hydrogens (tertiary/aromatic N) is 2. The fourth-order valence-electron chi connectivity index (χ4n) is 1.08. The van der Waals surface area contributed by atoms with E-state index < -0.39 is 0 Å². The predicted octanol–water partition coefficient (Wildman–Crippen LogP) is 2.52. The van der Waals surface area contributed by atoms with Gasteiger partial charge >= 0.3 is 0 Å². The van der Waals surface area contributed by atoms with Crippen molar-refractivity contribution in [3.8, 4) is 15.8 Å². The molecule has 0 spiro atoms. The zero-order valence-corrected chi connectivity index (χ0v) is 8.84. The molecular formula is C10H10N2OS. The molecule has 0 aliphatic heterocycles. The number of aryl methyl sites for hydroxylation is 1. The zero-order chi connectivity index (χ0) is 9.97. The highest BCUT2D eigenvalue weighted by Crippen LogP contribution is 2.28. The average Bonchev–Trinajstić information content (AvgIpc) is 2.67. The Labute approximate surface area is 86.4 Å². The van der Waals surface area contributed by atoms with Crippen LogP contribution in [0.3, 0.4) is 0 Å². The minimum absolute atomic E-state index is 0.669. The molecule has 4 heteroatoms. The van der Waals surface area contributed by atoms with Crippen molar-refractivity contribution in [3.05, 3.63) is 30.1 Å². The Morgan fingerprint density at radius 2 is 2.07 bits per heavy atom. The van der Waals surface area contributed by atoms with Crippen LogP contribution in [0.15, 0.2) is 24.5 Å². The number of rotatable bonds is 2. The second-order valence-electron chi connectivity index (χ2n) is 2.92. The van der Waals surface area contributed by atoms with Gasteiger partial charge in [0.1, 0.15) is 0 Å². The van der Waals surface area contributed by atoms with Gasteiger partial charge in [-0.2, -0.15) is 0 Å². The lowest BCUT2D eigenvalue weighted by atomic mass is 10.2. The van der Waals surface area contributed by atoms with Crippen LogP contribution in [0.1, 0.15) is 5.56 Å². The van der Waals surface area contributed by atoms with Gasteiger partial charge in [0, 0.05) is 6.20 Å². The maximum atomic E-state index is 5.02. The summed E-state index contributed by atoms with van der Waals surface area (Å²) in [5.74, 6) is 0. The molecule has 72 valence electrons. The van der Waals surface area contributed by atoms with Crippen molar-refractivity contribution < 1.29 is 4.74 Å². The minimum Gasteiger partial charge on any atom is -0.473 e. The van der Waals surface area contributed by atoms with Crippen molar-refractivity contribution in [1.82, 2.24) is 9.97 Å². The van der Waals surface area contributed by atoms with E-state index >= 15 is 0 Å². The third-order valence-corrected chi connectivity index (χ3v) is 2.80. The summed E-state index contributed by atoms with van der Waals surface area (Å²) in [6.45, 7) is 2.02. The van der Waals surface area contributed by atoms with Crippen LogP contribution < -0.4 is 4.74 Å². The SMILES string of the molecule is COc1ncc(-c2ccc(C)cn2)s1. The van der Waals surface area contributed by atoms with E-state index in [-0.39, 0.29) is 0 Å². The topological polar surface area (TPSA) is 35.0 Å². The molecule has 2 heterocycles. The lowest BCUT2D eigenvalue weighted by molar-refractivity contribution is 0.412. The van der Waals surface area contributed by atoms with Gasteiger partial charge in [0.2, 0.25) is 0 Å². The number of hydrogen-bond donors (Lipinski definition) is 0. The number of pyridine rings is 1. The van der Waals surface area contributed by atoms with Crippen LogP contribution in [0, 0.1) is 6.92 Å². The summed E-state index contributed by atoms with van der Waals surface area (Å²) in [6, 6.07) is 4.02. The predicted molar refractivity (Wildman–Crippen MR) is 56.6 cm³/mol. The summed E-state index contributed by atoms with van der Waals surface area (Å²) in [5, 5.41) is 0.669. The molecule has 0 saturated heterocycles. The summed E-state index contributed by atoms with van der Waals surface area (Å²) < 4.78 is 5.02. The van der Waals surface area contributed by atoms with Gasteiger partial charge in [0.05, 0.1) is 23.9 Å². The van der Waals surface area contributed by atoms with E-state index in [4.69, 9.17) is 4.74 Å². The summed E-state index contributed by atoms with van der Waals surface area (Å²) in [5.41, 5.74) is 2.10. The maximum absolute atomic E-state index is 5.02. The van der Waals surface area contributed by atoms with Crippen LogP contribution in [0.4, 0.5) is 0 Å². The first kappa shape index (κ1) is 9.15. The van der Waals surface area contributed by atoms with Crippen LogP contribution in [0.25, 0.3) is 10.6 Å². The Morgan fingerprint density at radius 3 is 2.64 bits per heavy atom. The molecule has 0 aromatic carbocycles. The van der Waals surface area contributed by atoms with Crippen LogP contribution in [0.5, 0.6) is 5.19 Å². The molecule has 0 aliphatic rings. The molecule has 0 bridgehead atoms. The third kappa shape index (κ3) is 1.75. The van der Waals surface area contributed by atoms with Crippen molar-refractivity contribution in [2.24, 2.45) is 0 Å². The Morgan fingerprint density at radius 1 is 1.21 bits per heavy atom. The first-order valence-corrected chi connectivity index (χ1v) is 5.04. The molecule has 0 aliphatic carbocycles. The van der Waals surface area contributed by atoms with Gasteiger partial charge in [-0.05, 0) is 18.6 Å². The van der Waals surface area contributed by atoms with Gasteiger partial charge in [0.25, 0.3) is 5.19 Å². The molecule has 0 saturated carbocycles. The maximum Gasteiger partial charge on any atom is 0.273 e. The van der Waals surface area contributed by atoms with Gasteiger partial charge in [-0.1, -0.05) is 17.4 Å². The molecule has 0 unspecified atom stereocenters. The van der Waals surface area contributed by atoms with Crippen LogP contribution >= 0.6 is 11.3 Å². The number of ether oxygens (including phenoxy) is 1. The molecule has 3 nitrogen and oxygen atoms in total. The smallest absolute Gasteiger partial charge is 0.273 e. The minimum atomic E-state index is 0.669. The quantitative estimate of drug-likeness (QED) is 0.757. The summed E-state index contributed by atoms with van der Waals surface area (Å²) in [7, 11) is 1.62. The van der Waals surface area contributed by atoms with Crippen molar-refractivity contribution in [3.63, 3.8) is 0 Å². The van der Waals surface area contributed by atoms with Gasteiger partial charge in [-0.3, -0.25) is 4.98 Å². The third-order valence-electron chi connectivity index (χ3n) is 1.82. The van der Waals surface area contributed by atoms with Crippen LogP contribution in [-0.4, -0.2) is 17.1 Å². The van der Waals surface area contributed by atoms with E-state index in [0.717, 1.165) is 16.1 Å². The number of aromatic nitrogens is 2. The Kier molecular flexibility index (Phi) is 2.45. The van der Waals surface area contributed by atoms with Crippen molar-refractivity contribution in [1.29, 1.82) is 0 Å². The molecule has 0 N–H and O–H groups in total. The molecule has 14 heavy (non-hydrogen) atoms. The molecule has 2 rings (SSSR count). The summed E-state index contributed by atoms with van der Waals surface area (Å²) in [6.07, 6.45) is 3.63. The van der Waals surface area contributed by atoms with E-state index in [9.17, 15) is 0 Å². The summed E-state index contributed by atoms with van der Waals surface area (Å²) >= 11 is 1.50. The standard InChI is InChI=1S/C10H10N2OS/c1-7-3-4-8(11-5-7)9-6-12-10(13-2)14-9/h3-6H,1-2H3. The van der Waals surface area contributed by atoms with Crippen molar-refractivity contribution in [2.45, 2.75) is 6.92 Å². The lowest BCUT2D eigenvalue weighted by Gasteiger charge is -1.95. The molecule has 2 aromatic heterocycles. The fraction of sp³-hybridized carbons (Fsp3) is 0.200. The lowest BCUT2D eigenvalue weighted by Crippen LogP contribution is -1.80. The van der Waals surface area contributed by atoms with E-state index in [1.807, 2.05) is 25.3 Å². The molecule has 0 fully saturated rings. The van der Waals surface area contributed by atoms with Crippen molar-refractivity contribution >= 4 is 11.3 Å². The highest BCUT2D eigenvalue weighted by molar-refractivity contribution is 7.16. The van der Waals surface area contributed by atoms with E-state index in [1.54, 1.807) is 13.3 Å². The number of thiazole rings is 1. The van der Waals surface area contributed by atoms with Crippen LogP contribution in [-0.2, 0) is 0 Å². The van der Waals surface area contributed by atoms with Gasteiger partial charge < -0.3 is 4.74 Å². The molecule has 2 aromatic rings. The second kappa shape index (κ2) is 3.75. The zero-order valence-electron chi connectivity index (χ0n) is 8.02. The Balaban J connectivity index is 2.34. The van der Waals surface area contributed by atoms with E-state index in [2.05, 4.69) is 9.97 Å². The monoisotopic (exact) mass is 206 g/mol. The van der Waals surface area contributed by atoms with Gasteiger partial charge in [-0.15, -0.1) is 0 Å². The molecule has 0 amide bonds. The molecular weight excluding hydrogens is 196 g/mol. The molecule has 0 radical (unpaired) electrons. The van der Waals surface area contributed by atoms with Gasteiger partial charge in [0.15, 0.2) is 0 Å². The highest BCUT2D eigenvalue weighted by atomic mass is 32.1. The molecule has 0 atom stereocenters. The fourth-order valence-corrected chi connectivity index (χ4v) is 1.79. The first-order valence-electron chi connectivity index (χ1n) is 4.22. The first-order chi connectivity index (χ1) is 6.79. The highest BCUT2D eigenvalue weighted by Gasteiger charge is 2.04. The summed E-state index contributed by atoms with van der Waals surface area (Å²) in [4.78, 5) is 9.43. The normalized spacial score (nSPS) is 10.1. The largest absolute Gasteiger partial charge is 0.473 e. The van der Waals surface area contributed by atoms with Crippen LogP contribution in [0.2, 0.25) is 0 Å². The number of methoxy groups -OCH3 is 1. The van der Waals surface area contributed by atoms with E-state index in [0.29, 0.717) is 5.19 Å². The van der Waals surface area contributed by atoms with Crippen molar-refractivity contribution in [2.75, 3.05) is 7.11 Å². The second-order valence-corrected chi connectivity index (χ2v) is 3.91. The number of hydrogen-bond acceptors (Lipinski definition) is 4. The van der Waals surface area contributed by atoms with E-state index in [1.165, 1.54) is 11.3 Å².